The molecular weight excluding hydrogens is 480 g/mol. The number of halogens is 2. The van der Waals surface area contributed by atoms with Gasteiger partial charge in [0.05, 0.1) is 16.6 Å². The molecule has 28 heavy (non-hydrogen) atoms. The van der Waals surface area contributed by atoms with Gasteiger partial charge in [-0.25, -0.2) is 4.98 Å². The van der Waals surface area contributed by atoms with Crippen LogP contribution in [0.1, 0.15) is 17.0 Å². The summed E-state index contributed by atoms with van der Waals surface area (Å²) in [6.07, 6.45) is 3.85. The first-order chi connectivity index (χ1) is 13.5. The highest BCUT2D eigenvalue weighted by molar-refractivity contribution is 9.10. The van der Waals surface area contributed by atoms with Crippen molar-refractivity contribution in [2.24, 2.45) is 0 Å². The third-order valence-electron chi connectivity index (χ3n) is 4.50. The summed E-state index contributed by atoms with van der Waals surface area (Å²) < 4.78 is 3.69. The van der Waals surface area contributed by atoms with E-state index in [2.05, 4.69) is 31.9 Å². The molecule has 0 atom stereocenters. The molecule has 4 aromatic rings. The lowest BCUT2D eigenvalue weighted by Gasteiger charge is -2.12. The second-order valence-electron chi connectivity index (χ2n) is 6.45. The monoisotopic (exact) mass is 494 g/mol. The molecule has 0 unspecified atom stereocenters. The van der Waals surface area contributed by atoms with E-state index in [9.17, 15) is 4.79 Å². The van der Waals surface area contributed by atoms with Crippen molar-refractivity contribution in [3.8, 4) is 5.69 Å². The van der Waals surface area contributed by atoms with Crippen molar-refractivity contribution in [1.29, 1.82) is 0 Å². The normalized spacial score (nSPS) is 11.4. The van der Waals surface area contributed by atoms with Crippen LogP contribution in [0.4, 0.5) is 0 Å². The van der Waals surface area contributed by atoms with Gasteiger partial charge in [-0.2, -0.15) is 0 Å². The van der Waals surface area contributed by atoms with Crippen LogP contribution < -0.4 is 5.56 Å². The van der Waals surface area contributed by atoms with Crippen LogP contribution in [0.5, 0.6) is 0 Å². The number of rotatable bonds is 3. The molecule has 0 aliphatic heterocycles. The van der Waals surface area contributed by atoms with Crippen molar-refractivity contribution in [2.45, 2.75) is 6.92 Å². The summed E-state index contributed by atoms with van der Waals surface area (Å²) in [5, 5.41) is 0.601. The first-order valence-electron chi connectivity index (χ1n) is 8.75. The van der Waals surface area contributed by atoms with Gasteiger partial charge < -0.3 is 0 Å². The minimum absolute atomic E-state index is 0.0808. The van der Waals surface area contributed by atoms with Gasteiger partial charge in [-0.1, -0.05) is 62.2 Å². The first kappa shape index (κ1) is 18.8. The molecule has 3 nitrogen and oxygen atoms in total. The molecule has 0 amide bonds. The molecule has 1 aromatic heterocycles. The van der Waals surface area contributed by atoms with E-state index in [0.717, 1.165) is 25.8 Å². The zero-order chi connectivity index (χ0) is 19.7. The topological polar surface area (TPSA) is 34.9 Å². The molecule has 5 heteroatoms. The van der Waals surface area contributed by atoms with E-state index >= 15 is 0 Å². The van der Waals surface area contributed by atoms with E-state index in [4.69, 9.17) is 4.98 Å². The Bertz CT molecular complexity index is 1260. The number of benzene rings is 3. The average molecular weight is 496 g/mol. The lowest BCUT2D eigenvalue weighted by atomic mass is 10.2. The van der Waals surface area contributed by atoms with Gasteiger partial charge in [0.2, 0.25) is 0 Å². The van der Waals surface area contributed by atoms with Crippen LogP contribution in [-0.4, -0.2) is 9.55 Å². The van der Waals surface area contributed by atoms with E-state index in [-0.39, 0.29) is 5.56 Å². The number of aromatic nitrogens is 2. The lowest BCUT2D eigenvalue weighted by Crippen LogP contribution is -2.22. The molecule has 138 valence electrons. The molecule has 3 aromatic carbocycles. The second kappa shape index (κ2) is 7.86. The van der Waals surface area contributed by atoms with Crippen LogP contribution in [0.25, 0.3) is 28.7 Å². The fourth-order valence-electron chi connectivity index (χ4n) is 3.02. The smallest absolute Gasteiger partial charge is 0.266 e. The van der Waals surface area contributed by atoms with E-state index in [1.165, 1.54) is 0 Å². The standard InChI is InChI=1S/C23H16Br2N2O/c1-15-14-18(11-12-20(15)25)27-22(13-8-16-6-9-17(24)10-7-16)26-21-5-3-2-4-19(21)23(27)28/h2-14H,1H3. The highest BCUT2D eigenvalue weighted by Crippen LogP contribution is 2.21. The predicted octanol–water partition coefficient (Wildman–Crippen LogP) is 6.39. The van der Waals surface area contributed by atoms with Crippen LogP contribution in [-0.2, 0) is 0 Å². The average Bonchev–Trinajstić information content (AvgIpc) is 2.70. The maximum atomic E-state index is 13.3. The molecule has 0 bridgehead atoms. The molecule has 0 aliphatic carbocycles. The summed E-state index contributed by atoms with van der Waals surface area (Å²) in [6, 6.07) is 21.3. The molecule has 1 heterocycles. The van der Waals surface area contributed by atoms with Crippen molar-refractivity contribution >= 4 is 54.9 Å². The Balaban J connectivity index is 1.94. The third-order valence-corrected chi connectivity index (χ3v) is 5.91. The van der Waals surface area contributed by atoms with Crippen LogP contribution in [0, 0.1) is 6.92 Å². The van der Waals surface area contributed by atoms with E-state index < -0.39 is 0 Å². The quantitative estimate of drug-likeness (QED) is 0.330. The van der Waals surface area contributed by atoms with Crippen molar-refractivity contribution in [3.63, 3.8) is 0 Å². The largest absolute Gasteiger partial charge is 0.268 e. The second-order valence-corrected chi connectivity index (χ2v) is 8.22. The molecular formula is C23H16Br2N2O. The van der Waals surface area contributed by atoms with Gasteiger partial charge >= 0.3 is 0 Å². The maximum Gasteiger partial charge on any atom is 0.266 e. The zero-order valence-electron chi connectivity index (χ0n) is 15.1. The molecule has 0 spiro atoms. The van der Waals surface area contributed by atoms with Gasteiger partial charge in [-0.15, -0.1) is 0 Å². The summed E-state index contributed by atoms with van der Waals surface area (Å²) in [7, 11) is 0. The van der Waals surface area contributed by atoms with Crippen LogP contribution in [0.15, 0.2) is 80.5 Å². The molecule has 0 radical (unpaired) electrons. The Kier molecular flexibility index (Phi) is 5.29. The minimum atomic E-state index is -0.0808. The Morgan fingerprint density at radius 1 is 0.929 bits per heavy atom. The third kappa shape index (κ3) is 3.73. The fraction of sp³-hybridized carbons (Fsp3) is 0.0435. The summed E-state index contributed by atoms with van der Waals surface area (Å²) >= 11 is 6.97. The molecule has 0 saturated heterocycles. The summed E-state index contributed by atoms with van der Waals surface area (Å²) in [5.41, 5.74) is 3.49. The highest BCUT2D eigenvalue weighted by Gasteiger charge is 2.11. The minimum Gasteiger partial charge on any atom is -0.268 e. The van der Waals surface area contributed by atoms with Gasteiger partial charge in [0.1, 0.15) is 5.82 Å². The Labute approximate surface area is 179 Å². The van der Waals surface area contributed by atoms with Gasteiger partial charge in [-0.05, 0) is 66.6 Å². The SMILES string of the molecule is Cc1cc(-n2c(C=Cc3ccc(Br)cc3)nc3ccccc3c2=O)ccc1Br. The molecule has 0 fully saturated rings. The van der Waals surface area contributed by atoms with Gasteiger partial charge in [-0.3, -0.25) is 9.36 Å². The van der Waals surface area contributed by atoms with E-state index in [1.54, 1.807) is 4.57 Å². The lowest BCUT2D eigenvalue weighted by molar-refractivity contribution is 0.941. The maximum absolute atomic E-state index is 13.3. The van der Waals surface area contributed by atoms with Crippen molar-refractivity contribution in [2.75, 3.05) is 0 Å². The van der Waals surface area contributed by atoms with Crippen molar-refractivity contribution < 1.29 is 0 Å². The predicted molar refractivity (Wildman–Crippen MR) is 123 cm³/mol. The van der Waals surface area contributed by atoms with E-state index in [1.807, 2.05) is 85.8 Å². The zero-order valence-corrected chi connectivity index (χ0v) is 18.2. The van der Waals surface area contributed by atoms with Gasteiger partial charge in [0.25, 0.3) is 5.56 Å². The fourth-order valence-corrected chi connectivity index (χ4v) is 3.53. The number of para-hydroxylation sites is 1. The number of nitrogens with zero attached hydrogens (tertiary/aromatic N) is 2. The molecule has 0 saturated carbocycles. The number of fused-ring (bicyclic) bond motifs is 1. The van der Waals surface area contributed by atoms with Gasteiger partial charge in [0, 0.05) is 8.95 Å². The summed E-state index contributed by atoms with van der Waals surface area (Å²) in [5.74, 6) is 0.591. The van der Waals surface area contributed by atoms with Crippen LogP contribution in [0.3, 0.4) is 0 Å². The number of aryl methyl sites for hydroxylation is 1. The Hall–Kier alpha value is -2.50. The highest BCUT2D eigenvalue weighted by atomic mass is 79.9. The first-order valence-corrected chi connectivity index (χ1v) is 10.3. The van der Waals surface area contributed by atoms with Crippen molar-refractivity contribution in [3.05, 3.63) is 103 Å². The van der Waals surface area contributed by atoms with Crippen LogP contribution in [0.2, 0.25) is 0 Å². The molecule has 0 N–H and O–H groups in total. The van der Waals surface area contributed by atoms with Crippen LogP contribution >= 0.6 is 31.9 Å². The Morgan fingerprint density at radius 3 is 2.43 bits per heavy atom. The van der Waals surface area contributed by atoms with Gasteiger partial charge in [0.15, 0.2) is 0 Å². The van der Waals surface area contributed by atoms with Crippen molar-refractivity contribution in [1.82, 2.24) is 9.55 Å². The summed E-state index contributed by atoms with van der Waals surface area (Å²) in [4.78, 5) is 18.0. The van der Waals surface area contributed by atoms with E-state index in [0.29, 0.717) is 16.7 Å². The summed E-state index contributed by atoms with van der Waals surface area (Å²) in [6.45, 7) is 2.00. The molecule has 4 rings (SSSR count). The number of hydrogen-bond acceptors (Lipinski definition) is 2. The molecule has 0 aliphatic rings. The number of hydrogen-bond donors (Lipinski definition) is 0. The Morgan fingerprint density at radius 2 is 1.68 bits per heavy atom.